The van der Waals surface area contributed by atoms with Gasteiger partial charge in [0.2, 0.25) is 0 Å². The van der Waals surface area contributed by atoms with E-state index >= 15 is 0 Å². The van der Waals surface area contributed by atoms with Gasteiger partial charge in [0.15, 0.2) is 0 Å². The number of aliphatic carboxylic acids is 2. The summed E-state index contributed by atoms with van der Waals surface area (Å²) in [6.45, 7) is 15.8. The minimum Gasteiger partial charge on any atom is -0.494 e. The third-order valence-corrected chi connectivity index (χ3v) is 14.9. The van der Waals surface area contributed by atoms with Gasteiger partial charge in [0.05, 0.1) is 49.7 Å². The van der Waals surface area contributed by atoms with Gasteiger partial charge in [-0.25, -0.2) is 28.8 Å². The van der Waals surface area contributed by atoms with Crippen LogP contribution < -0.4 is 14.2 Å². The molecule has 5 aromatic rings. The highest BCUT2D eigenvalue weighted by Gasteiger charge is 2.13. The third-order valence-electron chi connectivity index (χ3n) is 14.9. The molecule has 524 valence electrons. The Balaban J connectivity index is 0.000000401. The second-order valence-electron chi connectivity index (χ2n) is 23.3. The lowest BCUT2D eigenvalue weighted by Crippen LogP contribution is -2.07. The molecule has 0 saturated heterocycles. The van der Waals surface area contributed by atoms with E-state index in [1.54, 1.807) is 86.6 Å². The first-order chi connectivity index (χ1) is 46.8. The SMILES string of the molecule is C=C(C)C(=O)Oc1ccc(-c2ccc(C(=O)OCCCCCCCCCCC(=O)O)cc2)cc1.C=C(C)C(=O)Oc1ccc(-c2ccc(C(=O)OCCCCCCCCCCCOc3ccc(C(=O)O)cc3)cc2)cc1.C=CC(=O)OCCCCCC(=O)OCCCCCC(=O)O. The quantitative estimate of drug-likeness (QED) is 0.0107. The van der Waals surface area contributed by atoms with Crippen molar-refractivity contribution < 1.29 is 91.6 Å². The van der Waals surface area contributed by atoms with E-state index in [0.717, 1.165) is 125 Å². The molecule has 0 fully saturated rings. The monoisotopic (exact) mass is 1340 g/mol. The second kappa shape index (κ2) is 49.8. The predicted octanol–water partition coefficient (Wildman–Crippen LogP) is 17.3. The molecule has 0 aromatic heterocycles. The Labute approximate surface area is 571 Å². The van der Waals surface area contributed by atoms with Crippen molar-refractivity contribution in [3.8, 4) is 39.5 Å². The van der Waals surface area contributed by atoms with Crippen molar-refractivity contribution in [3.63, 3.8) is 0 Å². The van der Waals surface area contributed by atoms with Gasteiger partial charge in [0.25, 0.3) is 0 Å². The highest BCUT2D eigenvalue weighted by atomic mass is 16.6. The Bertz CT molecular complexity index is 3200. The number of esters is 6. The van der Waals surface area contributed by atoms with Crippen LogP contribution in [0.15, 0.2) is 158 Å². The topological polar surface area (TPSA) is 279 Å². The van der Waals surface area contributed by atoms with Crippen molar-refractivity contribution in [1.82, 2.24) is 0 Å². The van der Waals surface area contributed by atoms with Crippen LogP contribution in [0.4, 0.5) is 0 Å². The zero-order valence-electron chi connectivity index (χ0n) is 56.5. The van der Waals surface area contributed by atoms with Crippen LogP contribution in [0, 0.1) is 0 Å². The molecule has 19 heteroatoms. The minimum atomic E-state index is -0.935. The highest BCUT2D eigenvalue weighted by Crippen LogP contribution is 2.26. The maximum Gasteiger partial charge on any atom is 0.338 e. The van der Waals surface area contributed by atoms with Crippen LogP contribution in [0.5, 0.6) is 17.2 Å². The fourth-order valence-electron chi connectivity index (χ4n) is 9.27. The van der Waals surface area contributed by atoms with Crippen LogP contribution in [0.3, 0.4) is 0 Å². The van der Waals surface area contributed by atoms with Gasteiger partial charge in [-0.15, -0.1) is 0 Å². The molecule has 5 rings (SSSR count). The van der Waals surface area contributed by atoms with Crippen LogP contribution in [0.1, 0.15) is 212 Å². The van der Waals surface area contributed by atoms with Gasteiger partial charge in [-0.2, -0.15) is 0 Å². The summed E-state index contributed by atoms with van der Waals surface area (Å²) in [5.74, 6) is -3.08. The summed E-state index contributed by atoms with van der Waals surface area (Å²) >= 11 is 0. The van der Waals surface area contributed by atoms with Gasteiger partial charge in [0.1, 0.15) is 17.2 Å². The van der Waals surface area contributed by atoms with Crippen LogP contribution in [0.25, 0.3) is 22.3 Å². The number of hydrogen-bond donors (Lipinski definition) is 3. The standard InChI is InChI=1S/C35H40O7.C28H34O6.C15H24O6/c1-26(2)34(38)42-32-22-16-28(17-23-32)27-12-14-30(15-13-27)35(39)41-25-11-9-7-5-3-4-6-8-10-24-40-31-20-18-29(19-21-31)33(36)37;1-21(2)27(31)34-25-18-16-23(17-19-25)22-12-14-24(15-13-22)28(32)33-20-10-8-6-4-3-5-7-9-11-26(29)30;1-2-14(18)20-11-8-4-6-10-15(19)21-12-7-3-5-9-13(16)17/h12-23H,1,3-11,24-25H2,2H3,(H,36,37);12-19H,1,3-11,20H2,2H3,(H,29,30);2H,1,3-12H2,(H,16,17). The third kappa shape index (κ3) is 38.5. The van der Waals surface area contributed by atoms with Gasteiger partial charge < -0.3 is 48.5 Å². The highest BCUT2D eigenvalue weighted by molar-refractivity contribution is 5.92. The Morgan fingerprint density at radius 1 is 0.340 bits per heavy atom. The average molecular weight is 1340 g/mol. The fraction of sp³-hybridized carbons (Fsp3) is 0.423. The van der Waals surface area contributed by atoms with E-state index in [1.807, 2.05) is 48.5 Å². The number of ether oxygens (including phenoxy) is 7. The lowest BCUT2D eigenvalue weighted by molar-refractivity contribution is -0.144. The van der Waals surface area contributed by atoms with Crippen LogP contribution >= 0.6 is 0 Å². The molecule has 0 radical (unpaired) electrons. The normalized spacial score (nSPS) is 10.4. The van der Waals surface area contributed by atoms with Gasteiger partial charge in [-0.3, -0.25) is 14.4 Å². The molecular formula is C78H98O19. The molecule has 3 N–H and O–H groups in total. The molecule has 19 nitrogen and oxygen atoms in total. The fourth-order valence-corrected chi connectivity index (χ4v) is 9.27. The number of rotatable bonds is 46. The van der Waals surface area contributed by atoms with Gasteiger partial charge in [-0.05, 0) is 173 Å². The molecular weight excluding hydrogens is 1240 g/mol. The summed E-state index contributed by atoms with van der Waals surface area (Å²) in [6.07, 6.45) is 24.0. The zero-order valence-corrected chi connectivity index (χ0v) is 56.5. The molecule has 0 atom stereocenters. The average Bonchev–Trinajstić information content (AvgIpc) is 1.13. The molecule has 0 unspecified atom stereocenters. The van der Waals surface area contributed by atoms with E-state index in [9.17, 15) is 43.2 Å². The Kier molecular flexibility index (Phi) is 41.9. The summed E-state index contributed by atoms with van der Waals surface area (Å²) < 4.78 is 36.7. The first-order valence-electron chi connectivity index (χ1n) is 33.6. The maximum absolute atomic E-state index is 12.4. The summed E-state index contributed by atoms with van der Waals surface area (Å²) in [4.78, 5) is 102. The predicted molar refractivity (Wildman–Crippen MR) is 372 cm³/mol. The molecule has 0 saturated carbocycles. The van der Waals surface area contributed by atoms with Gasteiger partial charge >= 0.3 is 53.7 Å². The second-order valence-corrected chi connectivity index (χ2v) is 23.3. The zero-order chi connectivity index (χ0) is 70.8. The number of carbonyl (C=O) groups is 9. The maximum atomic E-state index is 12.4. The molecule has 97 heavy (non-hydrogen) atoms. The van der Waals surface area contributed by atoms with E-state index in [-0.39, 0.29) is 36.3 Å². The number of aromatic carboxylic acids is 1. The Hall–Kier alpha value is -9.65. The first kappa shape index (κ1) is 81.6. The summed E-state index contributed by atoms with van der Waals surface area (Å²) in [5.41, 5.74) is 5.75. The molecule has 0 spiro atoms. The van der Waals surface area contributed by atoms with E-state index in [4.69, 9.17) is 48.5 Å². The molecule has 0 aliphatic heterocycles. The molecule has 0 bridgehead atoms. The van der Waals surface area contributed by atoms with Crippen molar-refractivity contribution in [2.75, 3.05) is 33.0 Å². The van der Waals surface area contributed by atoms with E-state index in [0.29, 0.717) is 105 Å². The van der Waals surface area contributed by atoms with Crippen molar-refractivity contribution in [1.29, 1.82) is 0 Å². The number of hydrogen-bond acceptors (Lipinski definition) is 16. The Morgan fingerprint density at radius 2 is 0.629 bits per heavy atom. The van der Waals surface area contributed by atoms with Crippen LogP contribution in [0.2, 0.25) is 0 Å². The summed E-state index contributed by atoms with van der Waals surface area (Å²) in [7, 11) is 0. The van der Waals surface area contributed by atoms with Gasteiger partial charge in [-0.1, -0.05) is 152 Å². The van der Waals surface area contributed by atoms with Crippen LogP contribution in [-0.4, -0.2) is 102 Å². The van der Waals surface area contributed by atoms with Crippen molar-refractivity contribution in [2.24, 2.45) is 0 Å². The van der Waals surface area contributed by atoms with Crippen molar-refractivity contribution in [2.45, 2.75) is 181 Å². The van der Waals surface area contributed by atoms with E-state index in [2.05, 4.69) is 19.7 Å². The van der Waals surface area contributed by atoms with Gasteiger partial charge in [0, 0.05) is 36.5 Å². The molecule has 0 amide bonds. The number of unbranched alkanes of at least 4 members (excludes halogenated alkanes) is 19. The number of carboxylic acid groups (broad SMARTS) is 3. The lowest BCUT2D eigenvalue weighted by Gasteiger charge is -2.08. The number of carboxylic acids is 3. The smallest absolute Gasteiger partial charge is 0.338 e. The Morgan fingerprint density at radius 3 is 0.979 bits per heavy atom. The molecule has 5 aromatic carbocycles. The van der Waals surface area contributed by atoms with E-state index in [1.165, 1.54) is 25.7 Å². The van der Waals surface area contributed by atoms with Crippen LogP contribution in [-0.2, 0) is 47.7 Å². The number of carbonyl (C=O) groups excluding carboxylic acids is 6. The lowest BCUT2D eigenvalue weighted by atomic mass is 10.0. The number of benzene rings is 5. The van der Waals surface area contributed by atoms with E-state index < -0.39 is 35.8 Å². The first-order valence-corrected chi connectivity index (χ1v) is 33.6. The summed E-state index contributed by atoms with van der Waals surface area (Å²) in [5, 5.41) is 26.0. The molecule has 0 aliphatic rings. The molecule has 0 aliphatic carbocycles. The minimum absolute atomic E-state index is 0.157. The largest absolute Gasteiger partial charge is 0.494 e. The van der Waals surface area contributed by atoms with Crippen molar-refractivity contribution >= 4 is 53.7 Å². The summed E-state index contributed by atoms with van der Waals surface area (Å²) in [6, 6.07) is 35.3. The van der Waals surface area contributed by atoms with Crippen molar-refractivity contribution in [3.05, 3.63) is 175 Å². The molecule has 0 heterocycles.